The zero-order valence-electron chi connectivity index (χ0n) is 14.1. The second-order valence-corrected chi connectivity index (χ2v) is 6.58. The Bertz CT molecular complexity index is 1120. The molecule has 2 aromatic carbocycles. The predicted octanol–water partition coefficient (Wildman–Crippen LogP) is 4.38. The maximum atomic E-state index is 13.5. The minimum absolute atomic E-state index is 0.0317. The van der Waals surface area contributed by atoms with E-state index < -0.39 is 0 Å². The van der Waals surface area contributed by atoms with Crippen molar-refractivity contribution in [2.24, 2.45) is 0 Å². The summed E-state index contributed by atoms with van der Waals surface area (Å²) >= 11 is 0. The second kappa shape index (κ2) is 5.69. The summed E-state index contributed by atoms with van der Waals surface area (Å²) in [5, 5.41) is 7.03. The third kappa shape index (κ3) is 2.45. The van der Waals surface area contributed by atoms with Crippen LogP contribution in [0.25, 0.3) is 22.2 Å². The van der Waals surface area contributed by atoms with Crippen molar-refractivity contribution in [2.45, 2.75) is 19.3 Å². The van der Waals surface area contributed by atoms with E-state index in [9.17, 15) is 4.39 Å². The molecule has 1 aliphatic rings. The Kier molecular flexibility index (Phi) is 3.31. The van der Waals surface area contributed by atoms with Gasteiger partial charge >= 0.3 is 0 Å². The van der Waals surface area contributed by atoms with Crippen LogP contribution in [0, 0.1) is 12.7 Å². The molecular formula is C20H16FN3O2. The molecule has 1 unspecified atom stereocenters. The SMILES string of the molecule is Cc1n[nH]cc1-c1ccc2nc(C3COc4ccc(F)cc4C3)oc2c1. The predicted molar refractivity (Wildman–Crippen MR) is 94.7 cm³/mol. The Morgan fingerprint density at radius 1 is 1.19 bits per heavy atom. The van der Waals surface area contributed by atoms with Gasteiger partial charge in [-0.3, -0.25) is 5.10 Å². The fourth-order valence-corrected chi connectivity index (χ4v) is 3.46. The molecule has 5 rings (SSSR count). The Balaban J connectivity index is 1.49. The molecule has 1 atom stereocenters. The van der Waals surface area contributed by atoms with Gasteiger partial charge in [0.15, 0.2) is 5.58 Å². The number of fused-ring (bicyclic) bond motifs is 2. The second-order valence-electron chi connectivity index (χ2n) is 6.58. The minimum atomic E-state index is -0.259. The number of oxazole rings is 1. The highest BCUT2D eigenvalue weighted by molar-refractivity contribution is 5.80. The maximum absolute atomic E-state index is 13.5. The first-order chi connectivity index (χ1) is 12.7. The number of ether oxygens (including phenoxy) is 1. The van der Waals surface area contributed by atoms with Gasteiger partial charge in [-0.1, -0.05) is 6.07 Å². The van der Waals surface area contributed by atoms with E-state index >= 15 is 0 Å². The number of aryl methyl sites for hydroxylation is 1. The van der Waals surface area contributed by atoms with Crippen LogP contribution < -0.4 is 4.74 Å². The van der Waals surface area contributed by atoms with Crippen LogP contribution in [0.1, 0.15) is 23.1 Å². The molecule has 6 heteroatoms. The quantitative estimate of drug-likeness (QED) is 0.583. The van der Waals surface area contributed by atoms with Crippen molar-refractivity contribution >= 4 is 11.1 Å². The average molecular weight is 349 g/mol. The molecule has 130 valence electrons. The molecule has 0 radical (unpaired) electrons. The number of aromatic amines is 1. The van der Waals surface area contributed by atoms with Crippen molar-refractivity contribution in [2.75, 3.05) is 6.61 Å². The number of rotatable bonds is 2. The van der Waals surface area contributed by atoms with E-state index in [0.717, 1.165) is 39.2 Å². The Morgan fingerprint density at radius 3 is 2.96 bits per heavy atom. The summed E-state index contributed by atoms with van der Waals surface area (Å²) in [7, 11) is 0. The number of aromatic nitrogens is 3. The molecule has 1 N–H and O–H groups in total. The van der Waals surface area contributed by atoms with Crippen molar-refractivity contribution in [3.05, 3.63) is 65.6 Å². The average Bonchev–Trinajstić information content (AvgIpc) is 3.26. The highest BCUT2D eigenvalue weighted by Gasteiger charge is 2.26. The van der Waals surface area contributed by atoms with Gasteiger partial charge in [0, 0.05) is 11.8 Å². The Labute approximate surface area is 148 Å². The molecule has 5 nitrogen and oxygen atoms in total. The number of benzene rings is 2. The lowest BCUT2D eigenvalue weighted by molar-refractivity contribution is 0.243. The first kappa shape index (κ1) is 15.1. The lowest BCUT2D eigenvalue weighted by Gasteiger charge is -2.23. The van der Waals surface area contributed by atoms with E-state index in [1.165, 1.54) is 12.1 Å². The normalized spacial score (nSPS) is 16.5. The summed E-state index contributed by atoms with van der Waals surface area (Å²) in [5.41, 5.74) is 5.37. The molecule has 0 aliphatic carbocycles. The molecule has 26 heavy (non-hydrogen) atoms. The van der Waals surface area contributed by atoms with Gasteiger partial charge in [-0.2, -0.15) is 5.10 Å². The zero-order chi connectivity index (χ0) is 17.7. The zero-order valence-corrected chi connectivity index (χ0v) is 14.1. The van der Waals surface area contributed by atoms with Crippen molar-refractivity contribution in [1.82, 2.24) is 15.2 Å². The van der Waals surface area contributed by atoms with Crippen LogP contribution in [-0.4, -0.2) is 21.8 Å². The van der Waals surface area contributed by atoms with Gasteiger partial charge in [0.05, 0.1) is 11.6 Å². The molecule has 0 fully saturated rings. The molecule has 2 aromatic heterocycles. The summed E-state index contributed by atoms with van der Waals surface area (Å²) in [6.07, 6.45) is 2.52. The van der Waals surface area contributed by atoms with Gasteiger partial charge < -0.3 is 9.15 Å². The van der Waals surface area contributed by atoms with Crippen molar-refractivity contribution < 1.29 is 13.5 Å². The van der Waals surface area contributed by atoms with Gasteiger partial charge in [0.1, 0.15) is 23.7 Å². The third-order valence-corrected chi connectivity index (χ3v) is 4.83. The molecule has 0 amide bonds. The largest absolute Gasteiger partial charge is 0.492 e. The Morgan fingerprint density at radius 2 is 2.12 bits per heavy atom. The molecule has 0 saturated carbocycles. The lowest BCUT2D eigenvalue weighted by atomic mass is 9.96. The van der Waals surface area contributed by atoms with Crippen LogP contribution in [-0.2, 0) is 6.42 Å². The van der Waals surface area contributed by atoms with Crippen LogP contribution in [0.2, 0.25) is 0 Å². The molecule has 0 bridgehead atoms. The number of H-pyrrole nitrogens is 1. The van der Waals surface area contributed by atoms with Crippen molar-refractivity contribution in [3.8, 4) is 16.9 Å². The van der Waals surface area contributed by atoms with E-state index in [1.54, 1.807) is 6.07 Å². The fourth-order valence-electron chi connectivity index (χ4n) is 3.46. The number of nitrogens with one attached hydrogen (secondary N) is 1. The van der Waals surface area contributed by atoms with Crippen molar-refractivity contribution in [1.29, 1.82) is 0 Å². The van der Waals surface area contributed by atoms with Crippen LogP contribution in [0.3, 0.4) is 0 Å². The van der Waals surface area contributed by atoms with E-state index in [1.807, 2.05) is 31.3 Å². The third-order valence-electron chi connectivity index (χ3n) is 4.83. The monoisotopic (exact) mass is 349 g/mol. The highest BCUT2D eigenvalue weighted by atomic mass is 19.1. The summed E-state index contributed by atoms with van der Waals surface area (Å²) < 4.78 is 25.3. The molecule has 4 aromatic rings. The molecule has 3 heterocycles. The van der Waals surface area contributed by atoms with Crippen LogP contribution in [0.5, 0.6) is 5.75 Å². The van der Waals surface area contributed by atoms with Gasteiger partial charge in [-0.05, 0) is 54.8 Å². The van der Waals surface area contributed by atoms with E-state index in [0.29, 0.717) is 18.9 Å². The summed E-state index contributed by atoms with van der Waals surface area (Å²) in [4.78, 5) is 4.61. The lowest BCUT2D eigenvalue weighted by Crippen LogP contribution is -2.19. The first-order valence-electron chi connectivity index (χ1n) is 8.50. The van der Waals surface area contributed by atoms with Gasteiger partial charge in [-0.15, -0.1) is 0 Å². The Hall–Kier alpha value is -3.15. The number of hydrogen-bond acceptors (Lipinski definition) is 4. The van der Waals surface area contributed by atoms with Crippen LogP contribution in [0.4, 0.5) is 4.39 Å². The van der Waals surface area contributed by atoms with Crippen LogP contribution in [0.15, 0.2) is 47.0 Å². The van der Waals surface area contributed by atoms with Gasteiger partial charge in [0.25, 0.3) is 0 Å². The van der Waals surface area contributed by atoms with Gasteiger partial charge in [0.2, 0.25) is 5.89 Å². The van der Waals surface area contributed by atoms with E-state index in [-0.39, 0.29) is 11.7 Å². The summed E-state index contributed by atoms with van der Waals surface area (Å²) in [6, 6.07) is 10.5. The number of hydrogen-bond donors (Lipinski definition) is 1. The van der Waals surface area contributed by atoms with E-state index in [4.69, 9.17) is 9.15 Å². The summed E-state index contributed by atoms with van der Waals surface area (Å²) in [6.45, 7) is 2.43. The van der Waals surface area contributed by atoms with Crippen LogP contribution >= 0.6 is 0 Å². The standard InChI is InChI=1S/C20H16FN3O2/c1-11-16(9-22-24-11)12-2-4-17-19(8-12)26-20(23-17)14-6-13-7-15(21)3-5-18(13)25-10-14/h2-5,7-9,14H,6,10H2,1H3,(H,22,24). The minimum Gasteiger partial charge on any atom is -0.492 e. The highest BCUT2D eigenvalue weighted by Crippen LogP contribution is 2.34. The first-order valence-corrected chi connectivity index (χ1v) is 8.50. The maximum Gasteiger partial charge on any atom is 0.202 e. The topological polar surface area (TPSA) is 63.9 Å². The molecular weight excluding hydrogens is 333 g/mol. The smallest absolute Gasteiger partial charge is 0.202 e. The summed E-state index contributed by atoms with van der Waals surface area (Å²) in [5.74, 6) is 1.06. The van der Waals surface area contributed by atoms with E-state index in [2.05, 4.69) is 15.2 Å². The van der Waals surface area contributed by atoms with Gasteiger partial charge in [-0.25, -0.2) is 9.37 Å². The number of halogens is 1. The number of nitrogens with zero attached hydrogens (tertiary/aromatic N) is 2. The molecule has 0 spiro atoms. The molecule has 0 saturated heterocycles. The van der Waals surface area contributed by atoms with Crippen molar-refractivity contribution in [3.63, 3.8) is 0 Å². The fraction of sp³-hybridized carbons (Fsp3) is 0.200. The molecule has 1 aliphatic heterocycles.